The molecule has 168 valence electrons. The maximum Gasteiger partial charge on any atom is 0.255 e. The molecule has 1 aliphatic rings. The van der Waals surface area contributed by atoms with Crippen molar-refractivity contribution >= 4 is 29.1 Å². The number of hydrogen-bond donors (Lipinski definition) is 3. The Morgan fingerprint density at radius 3 is 2.38 bits per heavy atom. The van der Waals surface area contributed by atoms with Crippen LogP contribution in [0.3, 0.4) is 0 Å². The van der Waals surface area contributed by atoms with E-state index in [-0.39, 0.29) is 17.6 Å². The van der Waals surface area contributed by atoms with E-state index < -0.39 is 0 Å². The highest BCUT2D eigenvalue weighted by Crippen LogP contribution is 2.31. The van der Waals surface area contributed by atoms with Crippen LogP contribution in [-0.2, 0) is 4.74 Å². The quantitative estimate of drug-likeness (QED) is 0.498. The largest absolute Gasteiger partial charge is 0.506 e. The maximum absolute atomic E-state index is 12.4. The minimum atomic E-state index is -0.269. The van der Waals surface area contributed by atoms with Crippen LogP contribution in [0.4, 0.5) is 0 Å². The molecular weight excluding hydrogens is 447 g/mol. The molecule has 3 N–H and O–H groups in total. The maximum atomic E-state index is 12.4. The van der Waals surface area contributed by atoms with Gasteiger partial charge in [0, 0.05) is 31.1 Å². The molecule has 32 heavy (non-hydrogen) atoms. The molecule has 1 atom stereocenters. The number of ether oxygens (including phenoxy) is 1. The molecule has 3 aromatic carbocycles. The summed E-state index contributed by atoms with van der Waals surface area (Å²) in [5.41, 5.74) is 1.83. The summed E-state index contributed by atoms with van der Waals surface area (Å²) in [5.74, 6) is -0.0260. The van der Waals surface area contributed by atoms with Gasteiger partial charge in [-0.25, -0.2) is 0 Å². The first-order valence-electron chi connectivity index (χ1n) is 10.4. The van der Waals surface area contributed by atoms with E-state index in [9.17, 15) is 9.90 Å². The molecule has 0 spiro atoms. The first kappa shape index (κ1) is 24.1. The Labute approximate surface area is 198 Å². The Morgan fingerprint density at radius 1 is 1.00 bits per heavy atom. The van der Waals surface area contributed by atoms with Crippen molar-refractivity contribution in [3.05, 3.63) is 88.4 Å². The molecule has 1 fully saturated rings. The van der Waals surface area contributed by atoms with Gasteiger partial charge in [0.15, 0.2) is 0 Å². The van der Waals surface area contributed by atoms with E-state index >= 15 is 0 Å². The lowest BCUT2D eigenvalue weighted by molar-refractivity contribution is 0.0919. The van der Waals surface area contributed by atoms with Crippen molar-refractivity contribution in [3.8, 4) is 16.9 Å². The highest BCUT2D eigenvalue weighted by atomic mass is 35.5. The zero-order chi connectivity index (χ0) is 22.8. The van der Waals surface area contributed by atoms with Crippen LogP contribution in [0, 0.1) is 5.92 Å². The molecule has 5 nitrogen and oxygen atoms in total. The Morgan fingerprint density at radius 2 is 1.69 bits per heavy atom. The molecule has 1 saturated heterocycles. The molecule has 7 heteroatoms. The number of amides is 1. The lowest BCUT2D eigenvalue weighted by Crippen LogP contribution is -2.35. The van der Waals surface area contributed by atoms with Crippen molar-refractivity contribution in [3.63, 3.8) is 0 Å². The highest BCUT2D eigenvalue weighted by molar-refractivity contribution is 6.41. The lowest BCUT2D eigenvalue weighted by Gasteiger charge is -2.15. The normalized spacial score (nSPS) is 15.8. The van der Waals surface area contributed by atoms with Crippen LogP contribution >= 0.6 is 23.2 Å². The lowest BCUT2D eigenvalue weighted by atomic mass is 10.0. The summed E-state index contributed by atoms with van der Waals surface area (Å²) < 4.78 is 5.48. The van der Waals surface area contributed by atoms with E-state index in [2.05, 4.69) is 10.6 Å². The number of benzene rings is 3. The van der Waals surface area contributed by atoms with Crippen LogP contribution in [0.5, 0.6) is 5.75 Å². The van der Waals surface area contributed by atoms with Crippen LogP contribution in [0.2, 0.25) is 10.0 Å². The Bertz CT molecular complexity index is 986. The summed E-state index contributed by atoms with van der Waals surface area (Å²) >= 11 is 11.2. The average Bonchev–Trinajstić information content (AvgIpc) is 3.10. The monoisotopic (exact) mass is 472 g/mol. The van der Waals surface area contributed by atoms with Crippen molar-refractivity contribution in [2.75, 3.05) is 32.8 Å². The second-order valence-corrected chi connectivity index (χ2v) is 8.15. The van der Waals surface area contributed by atoms with E-state index in [1.54, 1.807) is 24.3 Å². The third kappa shape index (κ3) is 6.97. The van der Waals surface area contributed by atoms with Crippen molar-refractivity contribution in [1.29, 1.82) is 0 Å². The number of hydrogen-bond acceptors (Lipinski definition) is 4. The molecule has 1 aliphatic heterocycles. The van der Waals surface area contributed by atoms with Gasteiger partial charge >= 0.3 is 0 Å². The minimum Gasteiger partial charge on any atom is -0.506 e. The number of aromatic hydroxyl groups is 1. The molecule has 1 heterocycles. The molecule has 1 amide bonds. The fourth-order valence-corrected chi connectivity index (χ4v) is 3.51. The van der Waals surface area contributed by atoms with Gasteiger partial charge in [-0.3, -0.25) is 4.79 Å². The molecule has 0 radical (unpaired) electrons. The first-order valence-corrected chi connectivity index (χ1v) is 11.2. The molecule has 4 rings (SSSR count). The van der Waals surface area contributed by atoms with Crippen LogP contribution in [-0.4, -0.2) is 43.9 Å². The molecule has 1 unspecified atom stereocenters. The number of nitrogens with one attached hydrogen (secondary N) is 2. The summed E-state index contributed by atoms with van der Waals surface area (Å²) in [5, 5.41) is 17.9. The third-order valence-corrected chi connectivity index (χ3v) is 5.71. The van der Waals surface area contributed by atoms with Gasteiger partial charge in [-0.05, 0) is 23.8 Å². The first-order chi connectivity index (χ1) is 15.6. The van der Waals surface area contributed by atoms with Crippen molar-refractivity contribution in [2.45, 2.75) is 0 Å². The van der Waals surface area contributed by atoms with E-state index in [0.717, 1.165) is 18.7 Å². The zero-order valence-electron chi connectivity index (χ0n) is 17.6. The molecule has 0 saturated carbocycles. The van der Waals surface area contributed by atoms with Gasteiger partial charge < -0.3 is 20.5 Å². The molecule has 0 aromatic heterocycles. The molecule has 0 aliphatic carbocycles. The minimum absolute atomic E-state index is 0.0106. The molecule has 3 aromatic rings. The predicted molar refractivity (Wildman–Crippen MR) is 130 cm³/mol. The summed E-state index contributed by atoms with van der Waals surface area (Å²) in [7, 11) is 0. The Hall–Kier alpha value is -2.57. The van der Waals surface area contributed by atoms with E-state index in [1.165, 1.54) is 0 Å². The molecule has 0 bridgehead atoms. The smallest absolute Gasteiger partial charge is 0.255 e. The van der Waals surface area contributed by atoms with Gasteiger partial charge in [0.25, 0.3) is 5.91 Å². The number of phenolic OH excluding ortho intramolecular Hbond substituents is 1. The summed E-state index contributed by atoms with van der Waals surface area (Å²) in [6.07, 6.45) is 0. The summed E-state index contributed by atoms with van der Waals surface area (Å²) in [6, 6.07) is 22.0. The standard InChI is InChI=1S/C19H22N2O3.C6H4Cl2/c22-18-16(15-5-2-1-3-6-15)7-4-8-17(18)19(23)21-12-14-11-20-9-10-24-13-14;7-5-3-1-2-4-6(5)8/h1-8,14,20,22H,9-13H2,(H,21,23);1-4H. The Kier molecular flexibility index (Phi) is 9.38. The fourth-order valence-electron chi connectivity index (χ4n) is 3.24. The Balaban J connectivity index is 0.000000305. The number of carbonyl (C=O) groups excluding carboxylic acids is 1. The molecular formula is C25H26Cl2N2O3. The van der Waals surface area contributed by atoms with Gasteiger partial charge in [0.1, 0.15) is 5.75 Å². The van der Waals surface area contributed by atoms with Gasteiger partial charge in [-0.15, -0.1) is 0 Å². The van der Waals surface area contributed by atoms with Gasteiger partial charge in [0.05, 0.1) is 28.8 Å². The van der Waals surface area contributed by atoms with Crippen molar-refractivity contribution in [1.82, 2.24) is 10.6 Å². The van der Waals surface area contributed by atoms with Crippen LogP contribution in [0.15, 0.2) is 72.8 Å². The van der Waals surface area contributed by atoms with Gasteiger partial charge in [-0.1, -0.05) is 77.8 Å². The van der Waals surface area contributed by atoms with Crippen molar-refractivity contribution < 1.29 is 14.6 Å². The van der Waals surface area contributed by atoms with Crippen LogP contribution in [0.1, 0.15) is 10.4 Å². The van der Waals surface area contributed by atoms with Gasteiger partial charge in [-0.2, -0.15) is 0 Å². The second kappa shape index (κ2) is 12.5. The average molecular weight is 473 g/mol. The second-order valence-electron chi connectivity index (χ2n) is 7.34. The van der Waals surface area contributed by atoms with Crippen molar-refractivity contribution in [2.24, 2.45) is 5.92 Å². The zero-order valence-corrected chi connectivity index (χ0v) is 19.1. The van der Waals surface area contributed by atoms with Gasteiger partial charge in [0.2, 0.25) is 0 Å². The third-order valence-electron chi connectivity index (χ3n) is 4.95. The van der Waals surface area contributed by atoms with E-state index in [1.807, 2.05) is 48.5 Å². The van der Waals surface area contributed by atoms with Crippen LogP contribution in [0.25, 0.3) is 11.1 Å². The SMILES string of the molecule is Clc1ccccc1Cl.O=C(NCC1CNCCOC1)c1cccc(-c2ccccc2)c1O. The number of carbonyl (C=O) groups is 1. The van der Waals surface area contributed by atoms with E-state index in [0.29, 0.717) is 40.9 Å². The number of phenols is 1. The predicted octanol–water partition coefficient (Wildman–Crippen LogP) is 5.02. The number of para-hydroxylation sites is 1. The number of rotatable bonds is 4. The summed E-state index contributed by atoms with van der Waals surface area (Å²) in [6.45, 7) is 3.50. The topological polar surface area (TPSA) is 70.6 Å². The number of halogens is 2. The fraction of sp³-hybridized carbons (Fsp3) is 0.240. The van der Waals surface area contributed by atoms with Crippen LogP contribution < -0.4 is 10.6 Å². The van der Waals surface area contributed by atoms with E-state index in [4.69, 9.17) is 27.9 Å². The summed E-state index contributed by atoms with van der Waals surface area (Å²) in [4.78, 5) is 12.4. The highest BCUT2D eigenvalue weighted by Gasteiger charge is 2.18.